The van der Waals surface area contributed by atoms with Crippen molar-refractivity contribution in [2.75, 3.05) is 46.2 Å². The molecule has 1 rings (SSSR count). The van der Waals surface area contributed by atoms with Gasteiger partial charge >= 0.3 is 0 Å². The zero-order valence-electron chi connectivity index (χ0n) is 14.3. The minimum Gasteiger partial charge on any atom is -0.495 e. The van der Waals surface area contributed by atoms with Crippen LogP contribution < -0.4 is 10.1 Å². The van der Waals surface area contributed by atoms with Crippen molar-refractivity contribution in [3.63, 3.8) is 0 Å². The molecule has 1 aromatic rings. The van der Waals surface area contributed by atoms with Gasteiger partial charge in [-0.3, -0.25) is 9.59 Å². The molecule has 0 saturated heterocycles. The molecule has 0 saturated carbocycles. The van der Waals surface area contributed by atoms with Crippen molar-refractivity contribution in [2.45, 2.75) is 13.8 Å². The van der Waals surface area contributed by atoms with Crippen LogP contribution in [0, 0.1) is 6.92 Å². The Morgan fingerprint density at radius 2 is 1.91 bits per heavy atom. The summed E-state index contributed by atoms with van der Waals surface area (Å²) in [5, 5.41) is 3.34. The predicted octanol–water partition coefficient (Wildman–Crippen LogP) is 2.01. The van der Waals surface area contributed by atoms with Crippen molar-refractivity contribution in [3.05, 3.63) is 22.7 Å². The molecule has 0 bridgehead atoms. The van der Waals surface area contributed by atoms with Crippen LogP contribution in [0.4, 0.5) is 5.69 Å². The van der Waals surface area contributed by atoms with E-state index >= 15 is 0 Å². The van der Waals surface area contributed by atoms with Crippen LogP contribution in [0.2, 0.25) is 5.02 Å². The topological polar surface area (TPSA) is 61.9 Å². The van der Waals surface area contributed by atoms with Crippen LogP contribution >= 0.6 is 11.6 Å². The number of benzene rings is 1. The van der Waals surface area contributed by atoms with Gasteiger partial charge in [-0.05, 0) is 32.6 Å². The Labute approximate surface area is 142 Å². The summed E-state index contributed by atoms with van der Waals surface area (Å²) in [6.07, 6.45) is 0. The molecule has 1 N–H and O–H groups in total. The predicted molar refractivity (Wildman–Crippen MR) is 92.2 cm³/mol. The van der Waals surface area contributed by atoms with Crippen molar-refractivity contribution in [3.8, 4) is 5.75 Å². The Morgan fingerprint density at radius 1 is 1.26 bits per heavy atom. The number of carbonyl (C=O) groups is 2. The minimum atomic E-state index is -0.279. The number of anilines is 1. The van der Waals surface area contributed by atoms with E-state index in [1.54, 1.807) is 12.1 Å². The fourth-order valence-corrected chi connectivity index (χ4v) is 2.12. The number of methoxy groups -OCH3 is 1. The molecule has 0 atom stereocenters. The van der Waals surface area contributed by atoms with E-state index in [9.17, 15) is 9.59 Å². The van der Waals surface area contributed by atoms with Gasteiger partial charge in [0.1, 0.15) is 5.75 Å². The highest BCUT2D eigenvalue weighted by atomic mass is 35.5. The molecule has 0 aliphatic heterocycles. The van der Waals surface area contributed by atoms with Gasteiger partial charge in [0.05, 0.1) is 19.3 Å². The first kappa shape index (κ1) is 19.3. The quantitative estimate of drug-likeness (QED) is 0.824. The van der Waals surface area contributed by atoms with Crippen molar-refractivity contribution >= 4 is 29.1 Å². The van der Waals surface area contributed by atoms with E-state index in [4.69, 9.17) is 16.3 Å². The summed E-state index contributed by atoms with van der Waals surface area (Å²) in [4.78, 5) is 27.3. The van der Waals surface area contributed by atoms with Gasteiger partial charge in [-0.2, -0.15) is 0 Å². The lowest BCUT2D eigenvalue weighted by Gasteiger charge is -2.22. The summed E-state index contributed by atoms with van der Waals surface area (Å²) in [5.41, 5.74) is 1.37. The van der Waals surface area contributed by atoms with Crippen molar-refractivity contribution in [1.82, 2.24) is 9.80 Å². The maximum Gasteiger partial charge on any atom is 0.244 e. The number of aryl methyl sites for hydroxylation is 1. The molecule has 0 aromatic heterocycles. The Hall–Kier alpha value is -1.79. The number of rotatable bonds is 7. The SMILES string of the molecule is COc1cc(Cl)c(C)cc1NC(=O)CN(CCN(C)C)C(C)=O. The molecule has 6 nitrogen and oxygen atoms in total. The lowest BCUT2D eigenvalue weighted by atomic mass is 10.2. The van der Waals surface area contributed by atoms with Crippen molar-refractivity contribution < 1.29 is 14.3 Å². The third-order valence-electron chi connectivity index (χ3n) is 3.35. The zero-order valence-corrected chi connectivity index (χ0v) is 15.0. The molecule has 0 heterocycles. The Balaban J connectivity index is 2.78. The summed E-state index contributed by atoms with van der Waals surface area (Å²) in [7, 11) is 5.34. The zero-order chi connectivity index (χ0) is 17.6. The average molecular weight is 342 g/mol. The molecule has 0 unspecified atom stereocenters. The molecule has 23 heavy (non-hydrogen) atoms. The van der Waals surface area contributed by atoms with E-state index in [0.717, 1.165) is 5.56 Å². The van der Waals surface area contributed by atoms with Crippen LogP contribution in [0.5, 0.6) is 5.75 Å². The van der Waals surface area contributed by atoms with Gasteiger partial charge in [0, 0.05) is 31.1 Å². The summed E-state index contributed by atoms with van der Waals surface area (Å²) >= 11 is 6.05. The Kier molecular flexibility index (Phi) is 7.32. The second-order valence-corrected chi connectivity index (χ2v) is 6.00. The van der Waals surface area contributed by atoms with Gasteiger partial charge in [-0.25, -0.2) is 0 Å². The number of nitrogens with one attached hydrogen (secondary N) is 1. The number of ether oxygens (including phenoxy) is 1. The third kappa shape index (κ3) is 6.08. The largest absolute Gasteiger partial charge is 0.495 e. The highest BCUT2D eigenvalue weighted by molar-refractivity contribution is 6.31. The fraction of sp³-hybridized carbons (Fsp3) is 0.500. The molecule has 0 aliphatic carbocycles. The smallest absolute Gasteiger partial charge is 0.244 e. The van der Waals surface area contributed by atoms with E-state index in [0.29, 0.717) is 29.5 Å². The average Bonchev–Trinajstić information content (AvgIpc) is 2.46. The van der Waals surface area contributed by atoms with E-state index in [1.165, 1.54) is 18.9 Å². The number of halogens is 1. The van der Waals surface area contributed by atoms with Gasteiger partial charge in [0.25, 0.3) is 0 Å². The highest BCUT2D eigenvalue weighted by Gasteiger charge is 2.16. The van der Waals surface area contributed by atoms with Crippen LogP contribution in [-0.2, 0) is 9.59 Å². The molecule has 0 aliphatic rings. The van der Waals surface area contributed by atoms with E-state index in [2.05, 4.69) is 5.32 Å². The van der Waals surface area contributed by atoms with Gasteiger partial charge < -0.3 is 19.9 Å². The van der Waals surface area contributed by atoms with Crippen molar-refractivity contribution in [1.29, 1.82) is 0 Å². The first-order valence-corrected chi connectivity index (χ1v) is 7.66. The first-order chi connectivity index (χ1) is 10.7. The lowest BCUT2D eigenvalue weighted by Crippen LogP contribution is -2.40. The molecule has 0 fully saturated rings. The maximum atomic E-state index is 12.2. The fourth-order valence-electron chi connectivity index (χ4n) is 1.96. The molecule has 2 amide bonds. The number of hydrogen-bond donors (Lipinski definition) is 1. The molecule has 0 spiro atoms. The second-order valence-electron chi connectivity index (χ2n) is 5.59. The second kappa shape index (κ2) is 8.74. The van der Waals surface area contributed by atoms with E-state index < -0.39 is 0 Å². The molecule has 0 radical (unpaired) electrons. The highest BCUT2D eigenvalue weighted by Crippen LogP contribution is 2.30. The van der Waals surface area contributed by atoms with Gasteiger partial charge in [0.2, 0.25) is 11.8 Å². The molecule has 1 aromatic carbocycles. The minimum absolute atomic E-state index is 0.00595. The molecule has 7 heteroatoms. The molecule has 128 valence electrons. The van der Waals surface area contributed by atoms with Crippen LogP contribution in [0.1, 0.15) is 12.5 Å². The van der Waals surface area contributed by atoms with Gasteiger partial charge in [-0.1, -0.05) is 11.6 Å². The third-order valence-corrected chi connectivity index (χ3v) is 3.76. The van der Waals surface area contributed by atoms with E-state index in [-0.39, 0.29) is 18.4 Å². The number of hydrogen-bond acceptors (Lipinski definition) is 4. The first-order valence-electron chi connectivity index (χ1n) is 7.28. The summed E-state index contributed by atoms with van der Waals surface area (Å²) in [6.45, 7) is 4.48. The number of amides is 2. The number of nitrogens with zero attached hydrogens (tertiary/aromatic N) is 2. The van der Waals surface area contributed by atoms with Crippen molar-refractivity contribution in [2.24, 2.45) is 0 Å². The number of carbonyl (C=O) groups excluding carboxylic acids is 2. The van der Waals surface area contributed by atoms with Crippen LogP contribution in [0.25, 0.3) is 0 Å². The standard InChI is InChI=1S/C16H24ClN3O3/c1-11-8-14(15(23-5)9-13(11)17)18-16(22)10-20(12(2)21)7-6-19(3)4/h8-9H,6-7,10H2,1-5H3,(H,18,22). The maximum absolute atomic E-state index is 12.2. The summed E-state index contributed by atoms with van der Waals surface area (Å²) in [5.74, 6) is 0.0665. The van der Waals surface area contributed by atoms with Crippen LogP contribution in [-0.4, -0.2) is 62.5 Å². The molecular formula is C16H24ClN3O3. The van der Waals surface area contributed by atoms with Crippen LogP contribution in [0.15, 0.2) is 12.1 Å². The Morgan fingerprint density at radius 3 is 2.43 bits per heavy atom. The number of likely N-dealkylation sites (N-methyl/N-ethyl adjacent to an activating group) is 1. The van der Waals surface area contributed by atoms with Gasteiger partial charge in [0.15, 0.2) is 0 Å². The van der Waals surface area contributed by atoms with Gasteiger partial charge in [-0.15, -0.1) is 0 Å². The monoisotopic (exact) mass is 341 g/mol. The normalized spacial score (nSPS) is 10.6. The summed E-state index contributed by atoms with van der Waals surface area (Å²) in [6, 6.07) is 3.40. The summed E-state index contributed by atoms with van der Waals surface area (Å²) < 4.78 is 5.23. The van der Waals surface area contributed by atoms with E-state index in [1.807, 2.05) is 25.9 Å². The lowest BCUT2D eigenvalue weighted by molar-refractivity contribution is -0.132. The molecular weight excluding hydrogens is 318 g/mol. The van der Waals surface area contributed by atoms with Crippen LogP contribution in [0.3, 0.4) is 0 Å². The Bertz CT molecular complexity index is 576.